The van der Waals surface area contributed by atoms with Gasteiger partial charge in [0.25, 0.3) is 11.2 Å². The molecule has 2 aromatic rings. The number of aryl methyl sites for hydroxylation is 1. The van der Waals surface area contributed by atoms with Gasteiger partial charge in [0.1, 0.15) is 5.82 Å². The highest BCUT2D eigenvalue weighted by molar-refractivity contribution is 6.04. The van der Waals surface area contributed by atoms with Gasteiger partial charge in [-0.25, -0.2) is 0 Å². The molecule has 11 heteroatoms. The summed E-state index contributed by atoms with van der Waals surface area (Å²) in [7, 11) is 0. The van der Waals surface area contributed by atoms with Crippen molar-refractivity contribution in [3.8, 4) is 0 Å². The molecule has 1 aromatic heterocycles. The summed E-state index contributed by atoms with van der Waals surface area (Å²) in [5.74, 6) is -1.65. The van der Waals surface area contributed by atoms with Crippen molar-refractivity contribution in [3.63, 3.8) is 0 Å². The van der Waals surface area contributed by atoms with E-state index in [9.17, 15) is 24.5 Å². The molecule has 156 valence electrons. The van der Waals surface area contributed by atoms with E-state index in [2.05, 4.69) is 20.6 Å². The van der Waals surface area contributed by atoms with Crippen LogP contribution in [0.25, 0.3) is 0 Å². The van der Waals surface area contributed by atoms with Crippen LogP contribution in [0.3, 0.4) is 0 Å². The molecule has 2 aliphatic rings. The van der Waals surface area contributed by atoms with E-state index < -0.39 is 28.2 Å². The van der Waals surface area contributed by atoms with E-state index in [-0.39, 0.29) is 29.2 Å². The van der Waals surface area contributed by atoms with Crippen molar-refractivity contribution in [2.45, 2.75) is 32.1 Å². The summed E-state index contributed by atoms with van der Waals surface area (Å²) in [5.41, 5.74) is 0.122. The first-order chi connectivity index (χ1) is 14.3. The van der Waals surface area contributed by atoms with Crippen LogP contribution in [0.4, 0.5) is 23.1 Å². The van der Waals surface area contributed by atoms with Crippen molar-refractivity contribution >= 4 is 35.0 Å². The molecule has 3 N–H and O–H groups in total. The van der Waals surface area contributed by atoms with Crippen molar-refractivity contribution in [1.29, 1.82) is 0 Å². The highest BCUT2D eigenvalue weighted by Gasteiger charge is 2.35. The lowest BCUT2D eigenvalue weighted by Gasteiger charge is -2.25. The van der Waals surface area contributed by atoms with Gasteiger partial charge in [-0.2, -0.15) is 4.98 Å². The fourth-order valence-electron chi connectivity index (χ4n) is 3.78. The van der Waals surface area contributed by atoms with Gasteiger partial charge in [0, 0.05) is 36.8 Å². The Labute approximate surface area is 170 Å². The van der Waals surface area contributed by atoms with Crippen LogP contribution in [0.5, 0.6) is 0 Å². The number of hydrogen-bond acceptors (Lipinski definition) is 7. The number of nitrogens with one attached hydrogen (secondary N) is 3. The van der Waals surface area contributed by atoms with Crippen molar-refractivity contribution in [3.05, 3.63) is 49.8 Å². The second-order valence-corrected chi connectivity index (χ2v) is 7.40. The maximum absolute atomic E-state index is 12.9. The summed E-state index contributed by atoms with van der Waals surface area (Å²) in [4.78, 5) is 57.4. The second kappa shape index (κ2) is 7.58. The van der Waals surface area contributed by atoms with Gasteiger partial charge in [0.2, 0.25) is 17.8 Å². The Morgan fingerprint density at radius 1 is 1.30 bits per heavy atom. The highest BCUT2D eigenvalue weighted by atomic mass is 16.6. The number of anilines is 3. The summed E-state index contributed by atoms with van der Waals surface area (Å²) < 4.78 is 0. The van der Waals surface area contributed by atoms with Crippen molar-refractivity contribution in [1.82, 2.24) is 9.97 Å². The van der Waals surface area contributed by atoms with Crippen LogP contribution in [-0.2, 0) is 9.59 Å². The molecule has 1 atom stereocenters. The lowest BCUT2D eigenvalue weighted by Crippen LogP contribution is -2.37. The third-order valence-corrected chi connectivity index (χ3v) is 5.33. The molecule has 2 amide bonds. The summed E-state index contributed by atoms with van der Waals surface area (Å²) in [6, 6.07) is 4.30. The number of aromatic amines is 1. The number of nitrogens with zero attached hydrogens (tertiary/aromatic N) is 3. The standard InChI is InChI=1S/C19H20N6O5/c1-10-4-5-11(8-13(10)25(29)30)20-17(27)12-9-14(26)21-16-15(12)18(28)23-19(22-16)24-6-2-3-7-24/h4-5,8,12H,2-3,6-7,9H2,1H3,(H,20,27)(H2,21,22,23,26,28)/t12-/m1/s1. The van der Waals surface area contributed by atoms with E-state index in [1.165, 1.54) is 18.2 Å². The van der Waals surface area contributed by atoms with Crippen molar-refractivity contribution in [2.75, 3.05) is 28.6 Å². The molecule has 1 saturated heterocycles. The van der Waals surface area contributed by atoms with Crippen LogP contribution in [0.1, 0.15) is 36.3 Å². The Morgan fingerprint density at radius 3 is 2.73 bits per heavy atom. The SMILES string of the molecule is Cc1ccc(NC(=O)[C@@H]2CC(=O)Nc3nc(N4CCCC4)[nH]c(=O)c32)cc1[N+](=O)[O-]. The number of amides is 2. The predicted octanol–water partition coefficient (Wildman–Crippen LogP) is 1.65. The molecule has 30 heavy (non-hydrogen) atoms. The Hall–Kier alpha value is -3.76. The lowest BCUT2D eigenvalue weighted by atomic mass is 9.92. The largest absolute Gasteiger partial charge is 0.342 e. The van der Waals surface area contributed by atoms with Crippen LogP contribution >= 0.6 is 0 Å². The van der Waals surface area contributed by atoms with Gasteiger partial charge >= 0.3 is 0 Å². The molecule has 3 heterocycles. The normalized spacial score (nSPS) is 18.0. The number of aromatic nitrogens is 2. The number of carbonyl (C=O) groups excluding carboxylic acids is 2. The molecule has 1 fully saturated rings. The highest BCUT2D eigenvalue weighted by Crippen LogP contribution is 2.31. The smallest absolute Gasteiger partial charge is 0.274 e. The maximum Gasteiger partial charge on any atom is 0.274 e. The summed E-state index contributed by atoms with van der Waals surface area (Å²) >= 11 is 0. The zero-order chi connectivity index (χ0) is 21.4. The van der Waals surface area contributed by atoms with Crippen molar-refractivity contribution in [2.24, 2.45) is 0 Å². The minimum Gasteiger partial charge on any atom is -0.342 e. The molecule has 0 bridgehead atoms. The van der Waals surface area contributed by atoms with Crippen molar-refractivity contribution < 1.29 is 14.5 Å². The molecule has 0 radical (unpaired) electrons. The number of nitro groups is 1. The Balaban J connectivity index is 1.65. The second-order valence-electron chi connectivity index (χ2n) is 7.40. The number of H-pyrrole nitrogens is 1. The molecule has 0 aliphatic carbocycles. The van der Waals surface area contributed by atoms with Crippen LogP contribution in [0, 0.1) is 17.0 Å². The van der Waals surface area contributed by atoms with Crippen LogP contribution in [0.2, 0.25) is 0 Å². The van der Waals surface area contributed by atoms with E-state index in [4.69, 9.17) is 0 Å². The topological polar surface area (TPSA) is 150 Å². The van der Waals surface area contributed by atoms with Gasteiger partial charge in [0.15, 0.2) is 0 Å². The first-order valence-electron chi connectivity index (χ1n) is 9.58. The van der Waals surface area contributed by atoms with Crippen LogP contribution < -0.4 is 21.1 Å². The summed E-state index contributed by atoms with van der Waals surface area (Å²) in [6.45, 7) is 3.10. The zero-order valence-electron chi connectivity index (χ0n) is 16.2. The Bertz CT molecular complexity index is 1110. The number of nitro benzene ring substituents is 1. The van der Waals surface area contributed by atoms with E-state index >= 15 is 0 Å². The fraction of sp³-hybridized carbons (Fsp3) is 0.368. The Kier molecular flexibility index (Phi) is 4.94. The zero-order valence-corrected chi connectivity index (χ0v) is 16.2. The van der Waals surface area contributed by atoms with E-state index in [1.807, 2.05) is 4.90 Å². The number of rotatable bonds is 4. The first kappa shape index (κ1) is 19.6. The molecular weight excluding hydrogens is 392 g/mol. The summed E-state index contributed by atoms with van der Waals surface area (Å²) in [5, 5.41) is 16.3. The number of benzene rings is 1. The molecular formula is C19H20N6O5. The minimum atomic E-state index is -1.06. The summed E-state index contributed by atoms with van der Waals surface area (Å²) in [6.07, 6.45) is 1.75. The average molecular weight is 412 g/mol. The van der Waals surface area contributed by atoms with Gasteiger partial charge in [0.05, 0.1) is 16.4 Å². The van der Waals surface area contributed by atoms with Gasteiger partial charge in [-0.05, 0) is 25.8 Å². The van der Waals surface area contributed by atoms with E-state index in [1.54, 1.807) is 6.92 Å². The molecule has 4 rings (SSSR count). The van der Waals surface area contributed by atoms with Gasteiger partial charge < -0.3 is 15.5 Å². The predicted molar refractivity (Wildman–Crippen MR) is 109 cm³/mol. The number of hydrogen-bond donors (Lipinski definition) is 3. The van der Waals surface area contributed by atoms with Gasteiger partial charge in [-0.15, -0.1) is 0 Å². The lowest BCUT2D eigenvalue weighted by molar-refractivity contribution is -0.385. The van der Waals surface area contributed by atoms with Gasteiger partial charge in [-0.3, -0.25) is 29.5 Å². The van der Waals surface area contributed by atoms with E-state index in [0.717, 1.165) is 25.9 Å². The first-order valence-corrected chi connectivity index (χ1v) is 9.58. The van der Waals surface area contributed by atoms with Gasteiger partial charge in [-0.1, -0.05) is 6.07 Å². The Morgan fingerprint density at radius 2 is 2.03 bits per heavy atom. The third-order valence-electron chi connectivity index (χ3n) is 5.33. The number of fused-ring (bicyclic) bond motifs is 1. The fourth-order valence-corrected chi connectivity index (χ4v) is 3.78. The van der Waals surface area contributed by atoms with Crippen LogP contribution in [-0.4, -0.2) is 39.8 Å². The molecule has 2 aliphatic heterocycles. The third kappa shape index (κ3) is 3.61. The molecule has 0 spiro atoms. The molecule has 11 nitrogen and oxygen atoms in total. The monoisotopic (exact) mass is 412 g/mol. The van der Waals surface area contributed by atoms with Crippen LogP contribution in [0.15, 0.2) is 23.0 Å². The molecule has 1 aromatic carbocycles. The quantitative estimate of drug-likeness (QED) is 0.510. The number of carbonyl (C=O) groups is 2. The molecule has 0 saturated carbocycles. The minimum absolute atomic E-state index is 0.0759. The average Bonchev–Trinajstić information content (AvgIpc) is 3.23. The maximum atomic E-state index is 12.9. The van der Waals surface area contributed by atoms with E-state index in [0.29, 0.717) is 11.5 Å². The molecule has 0 unspecified atom stereocenters.